The molecule has 4 atom stereocenters. The molecule has 0 saturated carbocycles. The quantitative estimate of drug-likeness (QED) is 0.270. The third-order valence-electron chi connectivity index (χ3n) is 3.55. The van der Waals surface area contributed by atoms with Crippen molar-refractivity contribution in [1.29, 1.82) is 0 Å². The third-order valence-corrected chi connectivity index (χ3v) is 4.07. The maximum Gasteiger partial charge on any atom is 0.470 e. The average molecular weight is 410 g/mol. The van der Waals surface area contributed by atoms with Gasteiger partial charge in [0.15, 0.2) is 6.23 Å². The molecule has 1 fully saturated rings. The van der Waals surface area contributed by atoms with Gasteiger partial charge in [0.1, 0.15) is 24.9 Å². The number of phosphoric acid groups is 1. The molecule has 0 aliphatic carbocycles. The first-order chi connectivity index (χ1) is 12.7. The van der Waals surface area contributed by atoms with Crippen LogP contribution in [0, 0.1) is 0 Å². The number of ether oxygens (including phenoxy) is 3. The van der Waals surface area contributed by atoms with Gasteiger partial charge in [0.2, 0.25) is 0 Å². The van der Waals surface area contributed by atoms with E-state index in [1.54, 1.807) is 6.92 Å². The summed E-state index contributed by atoms with van der Waals surface area (Å²) < 4.78 is 32.2. The van der Waals surface area contributed by atoms with Crippen LogP contribution in [0.4, 0.5) is 0 Å². The van der Waals surface area contributed by atoms with Crippen molar-refractivity contribution in [2.45, 2.75) is 31.5 Å². The fourth-order valence-electron chi connectivity index (χ4n) is 2.54. The molecule has 0 spiro atoms. The second-order valence-electron chi connectivity index (χ2n) is 5.41. The molecule has 1 aromatic rings. The molecule has 27 heavy (non-hydrogen) atoms. The number of aromatic amines is 1. The lowest BCUT2D eigenvalue weighted by molar-refractivity contribution is -0.154. The summed E-state index contributed by atoms with van der Waals surface area (Å²) in [5, 5.41) is 9.44. The maximum absolute atomic E-state index is 12.0. The molecule has 1 aliphatic rings. The van der Waals surface area contributed by atoms with E-state index in [4.69, 9.17) is 24.0 Å². The number of phosphoric ester groups is 1. The lowest BCUT2D eigenvalue weighted by Crippen LogP contribution is -2.41. The number of aliphatic hydroxyl groups is 1. The minimum Gasteiger partial charge on any atom is -0.464 e. The minimum atomic E-state index is -5.03. The zero-order chi connectivity index (χ0) is 20.2. The fourth-order valence-corrected chi connectivity index (χ4v) is 3.11. The van der Waals surface area contributed by atoms with Crippen molar-refractivity contribution in [2.24, 2.45) is 0 Å². The zero-order valence-electron chi connectivity index (χ0n) is 14.1. The number of esters is 1. The molecule has 1 saturated heterocycles. The van der Waals surface area contributed by atoms with Crippen molar-refractivity contribution >= 4 is 13.8 Å². The molecule has 2 heterocycles. The monoisotopic (exact) mass is 410 g/mol. The molecule has 0 bridgehead atoms. The van der Waals surface area contributed by atoms with Crippen LogP contribution in [0.2, 0.25) is 0 Å². The number of rotatable bonds is 8. The molecule has 4 N–H and O–H groups in total. The SMILES string of the molecule is CCOC(=O)CO[C@@H]1[C@H](OP(=O)(O)O)[C@@H](CO)O[C@H]1n1ccc(=O)[nH]c1=O. The Labute approximate surface area is 151 Å². The second-order valence-corrected chi connectivity index (χ2v) is 6.60. The number of H-pyrrole nitrogens is 1. The van der Waals surface area contributed by atoms with Crippen LogP contribution in [0.5, 0.6) is 0 Å². The van der Waals surface area contributed by atoms with Crippen LogP contribution in [0.3, 0.4) is 0 Å². The Bertz CT molecular complexity index is 815. The molecule has 14 heteroatoms. The van der Waals surface area contributed by atoms with Gasteiger partial charge in [-0.05, 0) is 6.92 Å². The minimum absolute atomic E-state index is 0.0772. The van der Waals surface area contributed by atoms with E-state index in [0.29, 0.717) is 0 Å². The summed E-state index contributed by atoms with van der Waals surface area (Å²) in [5.74, 6) is -0.771. The fraction of sp³-hybridized carbons (Fsp3) is 0.615. The molecular weight excluding hydrogens is 391 g/mol. The van der Waals surface area contributed by atoms with E-state index in [-0.39, 0.29) is 6.61 Å². The van der Waals surface area contributed by atoms with Crippen LogP contribution in [0.1, 0.15) is 13.2 Å². The number of carbonyl (C=O) groups is 1. The zero-order valence-corrected chi connectivity index (χ0v) is 15.0. The average Bonchev–Trinajstić information content (AvgIpc) is 2.89. The molecule has 0 radical (unpaired) electrons. The highest BCUT2D eigenvalue weighted by Crippen LogP contribution is 2.44. The van der Waals surface area contributed by atoms with E-state index in [9.17, 15) is 24.1 Å². The van der Waals surface area contributed by atoms with Gasteiger partial charge in [-0.1, -0.05) is 0 Å². The van der Waals surface area contributed by atoms with Crippen LogP contribution in [0.15, 0.2) is 21.9 Å². The van der Waals surface area contributed by atoms with Crippen LogP contribution in [0.25, 0.3) is 0 Å². The normalized spacial score (nSPS) is 25.5. The Morgan fingerprint density at radius 3 is 2.63 bits per heavy atom. The molecule has 152 valence electrons. The predicted octanol–water partition coefficient (Wildman–Crippen LogP) is -2.15. The summed E-state index contributed by atoms with van der Waals surface area (Å²) in [7, 11) is -5.03. The predicted molar refractivity (Wildman–Crippen MR) is 85.6 cm³/mol. The Morgan fingerprint density at radius 1 is 1.37 bits per heavy atom. The van der Waals surface area contributed by atoms with Gasteiger partial charge in [-0.15, -0.1) is 0 Å². The first-order valence-electron chi connectivity index (χ1n) is 7.75. The van der Waals surface area contributed by atoms with Crippen LogP contribution in [-0.4, -0.2) is 68.5 Å². The molecular formula is C13H19N2O11P. The Hall–Kier alpha value is -1.86. The number of hydrogen-bond donors (Lipinski definition) is 4. The van der Waals surface area contributed by atoms with Gasteiger partial charge in [-0.3, -0.25) is 18.9 Å². The molecule has 1 aliphatic heterocycles. The van der Waals surface area contributed by atoms with E-state index < -0.39 is 62.8 Å². The summed E-state index contributed by atoms with van der Waals surface area (Å²) in [6.07, 6.45) is -4.47. The second kappa shape index (κ2) is 8.89. The van der Waals surface area contributed by atoms with Crippen LogP contribution < -0.4 is 11.2 Å². The van der Waals surface area contributed by atoms with Crippen molar-refractivity contribution in [1.82, 2.24) is 9.55 Å². The smallest absolute Gasteiger partial charge is 0.464 e. The standard InChI is InChI=1S/C13H19N2O11P/c1-2-23-9(18)6-24-11-10(26-27(20,21)22)7(5-16)25-12(11)15-4-3-8(17)14-13(15)19/h3-4,7,10-12,16H,2,5-6H2,1H3,(H,14,17,19)(H2,20,21,22)/t7-,10-,11-,12-/m1/s1. The molecule has 13 nitrogen and oxygen atoms in total. The molecule has 2 rings (SSSR count). The number of hydrogen-bond acceptors (Lipinski definition) is 9. The number of nitrogens with zero attached hydrogens (tertiary/aromatic N) is 1. The van der Waals surface area contributed by atoms with E-state index >= 15 is 0 Å². The van der Waals surface area contributed by atoms with Crippen LogP contribution >= 0.6 is 7.82 Å². The van der Waals surface area contributed by atoms with Crippen LogP contribution in [-0.2, 0) is 28.1 Å². The number of nitrogens with one attached hydrogen (secondary N) is 1. The Morgan fingerprint density at radius 2 is 2.07 bits per heavy atom. The van der Waals surface area contributed by atoms with Crippen molar-refractivity contribution in [3.8, 4) is 0 Å². The van der Waals surface area contributed by atoms with E-state index in [1.165, 1.54) is 0 Å². The lowest BCUT2D eigenvalue weighted by atomic mass is 10.1. The van der Waals surface area contributed by atoms with Gasteiger partial charge < -0.3 is 29.1 Å². The largest absolute Gasteiger partial charge is 0.470 e. The summed E-state index contributed by atoms with van der Waals surface area (Å²) in [4.78, 5) is 55.0. The molecule has 0 aromatic carbocycles. The summed E-state index contributed by atoms with van der Waals surface area (Å²) in [6, 6.07) is 1.01. The van der Waals surface area contributed by atoms with E-state index in [1.807, 2.05) is 4.98 Å². The number of carbonyl (C=O) groups excluding carboxylic acids is 1. The topological polar surface area (TPSA) is 187 Å². The molecule has 0 unspecified atom stereocenters. The highest BCUT2D eigenvalue weighted by molar-refractivity contribution is 7.46. The van der Waals surface area contributed by atoms with Gasteiger partial charge in [0.25, 0.3) is 5.56 Å². The highest BCUT2D eigenvalue weighted by atomic mass is 31.2. The van der Waals surface area contributed by atoms with E-state index in [0.717, 1.165) is 16.8 Å². The number of aliphatic hydroxyl groups excluding tert-OH is 1. The Kier molecular flexibility index (Phi) is 7.06. The Balaban J connectivity index is 2.36. The molecule has 1 aromatic heterocycles. The van der Waals surface area contributed by atoms with Crippen molar-refractivity contribution < 1.29 is 43.0 Å². The first-order valence-corrected chi connectivity index (χ1v) is 9.28. The van der Waals surface area contributed by atoms with Crippen molar-refractivity contribution in [2.75, 3.05) is 19.8 Å². The van der Waals surface area contributed by atoms with Gasteiger partial charge in [-0.2, -0.15) is 0 Å². The van der Waals surface area contributed by atoms with Crippen molar-refractivity contribution in [3.63, 3.8) is 0 Å². The first kappa shape index (κ1) is 21.4. The third kappa shape index (κ3) is 5.56. The lowest BCUT2D eigenvalue weighted by Gasteiger charge is -2.24. The van der Waals surface area contributed by atoms with Gasteiger partial charge >= 0.3 is 19.5 Å². The van der Waals surface area contributed by atoms with Gasteiger partial charge in [0, 0.05) is 12.3 Å². The summed E-state index contributed by atoms with van der Waals surface area (Å²) in [6.45, 7) is 0.294. The van der Waals surface area contributed by atoms with Gasteiger partial charge in [-0.25, -0.2) is 14.2 Å². The maximum atomic E-state index is 12.0. The number of aromatic nitrogens is 2. The van der Waals surface area contributed by atoms with Gasteiger partial charge in [0.05, 0.1) is 13.2 Å². The highest BCUT2D eigenvalue weighted by Gasteiger charge is 2.50. The van der Waals surface area contributed by atoms with E-state index in [2.05, 4.69) is 4.52 Å². The summed E-state index contributed by atoms with van der Waals surface area (Å²) >= 11 is 0. The summed E-state index contributed by atoms with van der Waals surface area (Å²) in [5.41, 5.74) is -1.58. The molecule has 0 amide bonds. The van der Waals surface area contributed by atoms with Crippen molar-refractivity contribution in [3.05, 3.63) is 33.1 Å².